The molecule has 0 saturated heterocycles. The SMILES string of the molecule is Cn1nnnc1-c1cccc(S(=O)(=O)NCCc2cccs2)c1. The Labute approximate surface area is 138 Å². The number of nitrogens with zero attached hydrogens (tertiary/aromatic N) is 4. The molecule has 23 heavy (non-hydrogen) atoms. The van der Waals surface area contributed by atoms with Gasteiger partial charge >= 0.3 is 0 Å². The van der Waals surface area contributed by atoms with Crippen LogP contribution >= 0.6 is 11.3 Å². The van der Waals surface area contributed by atoms with Crippen molar-refractivity contribution in [2.75, 3.05) is 6.54 Å². The second kappa shape index (κ2) is 6.57. The van der Waals surface area contributed by atoms with E-state index in [0.717, 1.165) is 4.88 Å². The molecule has 120 valence electrons. The van der Waals surface area contributed by atoms with Crippen LogP contribution in [-0.4, -0.2) is 35.2 Å². The molecule has 0 aliphatic carbocycles. The fourth-order valence-electron chi connectivity index (χ4n) is 2.12. The summed E-state index contributed by atoms with van der Waals surface area (Å²) in [6.45, 7) is 0.360. The molecule has 0 unspecified atom stereocenters. The van der Waals surface area contributed by atoms with Crippen LogP contribution in [0.3, 0.4) is 0 Å². The highest BCUT2D eigenvalue weighted by atomic mass is 32.2. The Morgan fingerprint density at radius 2 is 2.13 bits per heavy atom. The summed E-state index contributed by atoms with van der Waals surface area (Å²) >= 11 is 1.61. The van der Waals surface area contributed by atoms with Crippen LogP contribution in [0.15, 0.2) is 46.7 Å². The molecule has 2 aromatic heterocycles. The van der Waals surface area contributed by atoms with Gasteiger partial charge in [-0.15, -0.1) is 16.4 Å². The fraction of sp³-hybridized carbons (Fsp3) is 0.214. The van der Waals surface area contributed by atoms with Crippen LogP contribution in [0.25, 0.3) is 11.4 Å². The Bertz CT molecular complexity index is 888. The van der Waals surface area contributed by atoms with Crippen LogP contribution in [0.1, 0.15) is 4.88 Å². The number of thiophene rings is 1. The summed E-state index contributed by atoms with van der Waals surface area (Å²) in [5, 5.41) is 13.2. The lowest BCUT2D eigenvalue weighted by atomic mass is 10.2. The first-order chi connectivity index (χ1) is 11.1. The van der Waals surface area contributed by atoms with Crippen LogP contribution in [0, 0.1) is 0 Å². The largest absolute Gasteiger partial charge is 0.240 e. The first-order valence-corrected chi connectivity index (χ1v) is 9.27. The molecule has 3 aromatic rings. The Morgan fingerprint density at radius 1 is 1.26 bits per heavy atom. The van der Waals surface area contributed by atoms with Crippen LogP contribution < -0.4 is 4.72 Å². The van der Waals surface area contributed by atoms with Gasteiger partial charge in [-0.05, 0) is 40.4 Å². The maximum atomic E-state index is 12.4. The van der Waals surface area contributed by atoms with E-state index in [9.17, 15) is 8.42 Å². The lowest BCUT2D eigenvalue weighted by molar-refractivity contribution is 0.582. The molecule has 1 aromatic carbocycles. The molecule has 2 heterocycles. The summed E-state index contributed by atoms with van der Waals surface area (Å²) in [4.78, 5) is 1.34. The van der Waals surface area contributed by atoms with Crippen molar-refractivity contribution in [3.05, 3.63) is 46.7 Å². The average Bonchev–Trinajstić information content (AvgIpc) is 3.19. The quantitative estimate of drug-likeness (QED) is 0.728. The summed E-state index contributed by atoms with van der Waals surface area (Å²) < 4.78 is 28.9. The summed E-state index contributed by atoms with van der Waals surface area (Å²) in [6, 6.07) is 10.5. The number of tetrazole rings is 1. The van der Waals surface area contributed by atoms with Gasteiger partial charge in [0.15, 0.2) is 5.82 Å². The average molecular weight is 349 g/mol. The van der Waals surface area contributed by atoms with E-state index in [1.807, 2.05) is 17.5 Å². The molecule has 0 saturated carbocycles. The van der Waals surface area contributed by atoms with Crippen molar-refractivity contribution in [3.8, 4) is 11.4 Å². The van der Waals surface area contributed by atoms with Gasteiger partial charge in [0.1, 0.15) is 0 Å². The van der Waals surface area contributed by atoms with Crippen molar-refractivity contribution >= 4 is 21.4 Å². The first-order valence-electron chi connectivity index (χ1n) is 6.91. The molecule has 0 fully saturated rings. The topological polar surface area (TPSA) is 89.8 Å². The van der Waals surface area contributed by atoms with E-state index in [1.54, 1.807) is 42.6 Å². The molecule has 7 nitrogen and oxygen atoms in total. The van der Waals surface area contributed by atoms with Crippen LogP contribution in [-0.2, 0) is 23.5 Å². The minimum absolute atomic E-state index is 0.198. The summed E-state index contributed by atoms with van der Waals surface area (Å²) in [7, 11) is -1.86. The Morgan fingerprint density at radius 3 is 2.83 bits per heavy atom. The third kappa shape index (κ3) is 3.63. The molecule has 0 atom stereocenters. The zero-order chi connectivity index (χ0) is 16.3. The van der Waals surface area contributed by atoms with Crippen LogP contribution in [0.4, 0.5) is 0 Å². The van der Waals surface area contributed by atoms with Crippen LogP contribution in [0.2, 0.25) is 0 Å². The molecule has 0 spiro atoms. The molecule has 3 rings (SSSR count). The van der Waals surface area contributed by atoms with Gasteiger partial charge in [0.25, 0.3) is 0 Å². The van der Waals surface area contributed by atoms with E-state index in [-0.39, 0.29) is 4.90 Å². The van der Waals surface area contributed by atoms with Gasteiger partial charge in [0, 0.05) is 24.0 Å². The zero-order valence-electron chi connectivity index (χ0n) is 12.4. The number of sulfonamides is 1. The Hall–Kier alpha value is -2.10. The van der Waals surface area contributed by atoms with E-state index in [0.29, 0.717) is 24.4 Å². The lowest BCUT2D eigenvalue weighted by Crippen LogP contribution is -2.25. The van der Waals surface area contributed by atoms with Gasteiger partial charge in [-0.25, -0.2) is 17.8 Å². The smallest absolute Gasteiger partial charge is 0.229 e. The van der Waals surface area contributed by atoms with E-state index < -0.39 is 10.0 Å². The third-order valence-corrected chi connectivity index (χ3v) is 5.66. The van der Waals surface area contributed by atoms with Gasteiger partial charge in [-0.2, -0.15) is 0 Å². The number of rotatable bonds is 6. The molecule has 0 amide bonds. The van der Waals surface area contributed by atoms with E-state index >= 15 is 0 Å². The normalized spacial score (nSPS) is 11.7. The lowest BCUT2D eigenvalue weighted by Gasteiger charge is -2.07. The van der Waals surface area contributed by atoms with E-state index in [2.05, 4.69) is 20.2 Å². The standard InChI is InChI=1S/C14H15N5O2S2/c1-19-14(16-17-18-19)11-4-2-6-13(10-11)23(20,21)15-8-7-12-5-3-9-22-12/h2-6,9-10,15H,7-8H2,1H3. The van der Waals surface area contributed by atoms with Gasteiger partial charge in [0.2, 0.25) is 10.0 Å². The predicted molar refractivity (Wildman–Crippen MR) is 87.4 cm³/mol. The zero-order valence-corrected chi connectivity index (χ0v) is 14.0. The van der Waals surface area contributed by atoms with Crippen molar-refractivity contribution in [2.24, 2.45) is 7.05 Å². The molecule has 1 N–H and O–H groups in total. The second-order valence-electron chi connectivity index (χ2n) is 4.88. The number of hydrogen-bond acceptors (Lipinski definition) is 6. The first kappa shape index (κ1) is 15.8. The summed E-state index contributed by atoms with van der Waals surface area (Å²) in [5.74, 6) is 0.514. The van der Waals surface area contributed by atoms with E-state index in [4.69, 9.17) is 0 Å². The number of hydrogen-bond donors (Lipinski definition) is 1. The minimum Gasteiger partial charge on any atom is -0.229 e. The number of benzene rings is 1. The molecule has 0 radical (unpaired) electrons. The molecular weight excluding hydrogens is 334 g/mol. The van der Waals surface area contributed by atoms with Crippen molar-refractivity contribution < 1.29 is 8.42 Å². The van der Waals surface area contributed by atoms with Gasteiger partial charge in [-0.3, -0.25) is 0 Å². The number of aromatic nitrogens is 4. The summed E-state index contributed by atoms with van der Waals surface area (Å²) in [5.41, 5.74) is 0.652. The molecule has 0 aliphatic heterocycles. The molecule has 9 heteroatoms. The third-order valence-electron chi connectivity index (χ3n) is 3.27. The van der Waals surface area contributed by atoms with Crippen LogP contribution in [0.5, 0.6) is 0 Å². The van der Waals surface area contributed by atoms with Crippen molar-refractivity contribution in [2.45, 2.75) is 11.3 Å². The van der Waals surface area contributed by atoms with Gasteiger partial charge in [-0.1, -0.05) is 18.2 Å². The minimum atomic E-state index is -3.56. The van der Waals surface area contributed by atoms with E-state index in [1.165, 1.54) is 4.68 Å². The Kier molecular flexibility index (Phi) is 4.51. The number of nitrogens with one attached hydrogen (secondary N) is 1. The highest BCUT2D eigenvalue weighted by Gasteiger charge is 2.16. The maximum absolute atomic E-state index is 12.4. The van der Waals surface area contributed by atoms with Gasteiger partial charge in [0.05, 0.1) is 4.90 Å². The highest BCUT2D eigenvalue weighted by molar-refractivity contribution is 7.89. The fourth-order valence-corrected chi connectivity index (χ4v) is 3.91. The highest BCUT2D eigenvalue weighted by Crippen LogP contribution is 2.19. The summed E-state index contributed by atoms with van der Waals surface area (Å²) in [6.07, 6.45) is 0.670. The Balaban J connectivity index is 1.76. The molecule has 0 aliphatic rings. The molecular formula is C14H15N5O2S2. The van der Waals surface area contributed by atoms with Gasteiger partial charge < -0.3 is 0 Å². The maximum Gasteiger partial charge on any atom is 0.240 e. The number of aryl methyl sites for hydroxylation is 1. The van der Waals surface area contributed by atoms with Crippen molar-refractivity contribution in [1.82, 2.24) is 24.9 Å². The predicted octanol–water partition coefficient (Wildman–Crippen LogP) is 1.46. The molecule has 0 bridgehead atoms. The monoisotopic (exact) mass is 349 g/mol. The van der Waals surface area contributed by atoms with Crippen molar-refractivity contribution in [1.29, 1.82) is 0 Å². The van der Waals surface area contributed by atoms with Crippen molar-refractivity contribution in [3.63, 3.8) is 0 Å². The second-order valence-corrected chi connectivity index (χ2v) is 7.68.